The first-order valence-electron chi connectivity index (χ1n) is 9.34. The first kappa shape index (κ1) is 20.6. The van der Waals surface area contributed by atoms with E-state index in [1.807, 2.05) is 24.3 Å². The highest BCUT2D eigenvalue weighted by Gasteiger charge is 2.26. The molecule has 2 aromatic carbocycles. The van der Waals surface area contributed by atoms with E-state index in [0.717, 1.165) is 29.3 Å². The second kappa shape index (κ2) is 8.99. The first-order chi connectivity index (χ1) is 14.0. The molecule has 29 heavy (non-hydrogen) atoms. The van der Waals surface area contributed by atoms with E-state index >= 15 is 0 Å². The number of thioether (sulfide) groups is 1. The van der Waals surface area contributed by atoms with Crippen LogP contribution in [0.2, 0.25) is 0 Å². The van der Waals surface area contributed by atoms with Crippen LogP contribution in [0, 0.1) is 0 Å². The first-order valence-corrected chi connectivity index (χ1v) is 12.6. The third-order valence-electron chi connectivity index (χ3n) is 4.75. The van der Waals surface area contributed by atoms with Crippen LogP contribution in [-0.4, -0.2) is 36.0 Å². The van der Waals surface area contributed by atoms with E-state index in [-0.39, 0.29) is 4.90 Å². The van der Waals surface area contributed by atoms with Gasteiger partial charge in [0.2, 0.25) is 15.9 Å². The Hall–Kier alpha value is -1.68. The normalized spacial score (nSPS) is 15.5. The number of benzene rings is 2. The summed E-state index contributed by atoms with van der Waals surface area (Å²) >= 11 is 4.97. The van der Waals surface area contributed by atoms with Crippen molar-refractivity contribution in [2.24, 2.45) is 0 Å². The topological polar surface area (TPSA) is 76.3 Å². The lowest BCUT2D eigenvalue weighted by Gasteiger charge is -2.25. The van der Waals surface area contributed by atoms with Crippen molar-refractivity contribution in [1.82, 2.24) is 14.5 Å². The molecule has 0 spiro atoms. The summed E-state index contributed by atoms with van der Waals surface area (Å²) in [6.45, 7) is 1.14. The highest BCUT2D eigenvalue weighted by Crippen LogP contribution is 2.30. The molecule has 1 aromatic heterocycles. The second-order valence-electron chi connectivity index (χ2n) is 6.75. The average molecular weight is 494 g/mol. The van der Waals surface area contributed by atoms with Crippen molar-refractivity contribution in [1.29, 1.82) is 0 Å². The lowest BCUT2D eigenvalue weighted by atomic mass is 10.2. The molecule has 9 heteroatoms. The van der Waals surface area contributed by atoms with Crippen LogP contribution in [0.4, 0.5) is 0 Å². The van der Waals surface area contributed by atoms with Crippen LogP contribution in [0.1, 0.15) is 24.8 Å². The maximum absolute atomic E-state index is 12.9. The summed E-state index contributed by atoms with van der Waals surface area (Å²) in [4.78, 5) is 0.262. The summed E-state index contributed by atoms with van der Waals surface area (Å²) in [7, 11) is -3.50. The largest absolute Gasteiger partial charge is 0.411 e. The molecule has 0 bridgehead atoms. The van der Waals surface area contributed by atoms with E-state index in [1.54, 1.807) is 28.6 Å². The van der Waals surface area contributed by atoms with E-state index in [1.165, 1.54) is 11.8 Å². The van der Waals surface area contributed by atoms with Gasteiger partial charge in [0, 0.05) is 28.9 Å². The number of rotatable bonds is 6. The number of nitrogens with zero attached hydrogens (tertiary/aromatic N) is 3. The Balaban J connectivity index is 1.51. The van der Waals surface area contributed by atoms with Crippen molar-refractivity contribution in [3.05, 3.63) is 58.6 Å². The maximum Gasteiger partial charge on any atom is 0.277 e. The van der Waals surface area contributed by atoms with Crippen molar-refractivity contribution in [3.63, 3.8) is 0 Å². The molecule has 0 radical (unpaired) electrons. The summed E-state index contributed by atoms with van der Waals surface area (Å²) in [6, 6.07) is 14.7. The summed E-state index contributed by atoms with van der Waals surface area (Å²) in [5, 5.41) is 8.63. The lowest BCUT2D eigenvalue weighted by Crippen LogP contribution is -2.35. The smallest absolute Gasteiger partial charge is 0.277 e. The SMILES string of the molecule is O=S(=O)(c1cccc(-c2nnc(SCc3ccccc3Br)o2)c1)N1CCCCC1. The van der Waals surface area contributed by atoms with Gasteiger partial charge in [-0.05, 0) is 42.7 Å². The number of hydrogen-bond donors (Lipinski definition) is 0. The molecule has 6 nitrogen and oxygen atoms in total. The van der Waals surface area contributed by atoms with Gasteiger partial charge >= 0.3 is 0 Å². The fourth-order valence-corrected chi connectivity index (χ4v) is 6.12. The molecular formula is C20H20BrN3O3S2. The number of halogens is 1. The zero-order valence-electron chi connectivity index (χ0n) is 15.6. The molecule has 0 aliphatic carbocycles. The van der Waals surface area contributed by atoms with Crippen molar-refractivity contribution in [2.45, 2.75) is 35.1 Å². The van der Waals surface area contributed by atoms with Crippen LogP contribution in [0.5, 0.6) is 0 Å². The number of piperidine rings is 1. The Labute approximate surface area is 182 Å². The molecular weight excluding hydrogens is 474 g/mol. The van der Waals surface area contributed by atoms with Gasteiger partial charge in [-0.1, -0.05) is 58.4 Å². The fourth-order valence-electron chi connectivity index (χ4n) is 3.18. The molecule has 1 fully saturated rings. The van der Waals surface area contributed by atoms with E-state index < -0.39 is 10.0 Å². The Morgan fingerprint density at radius 3 is 2.62 bits per heavy atom. The molecule has 1 aliphatic rings. The van der Waals surface area contributed by atoms with E-state index in [9.17, 15) is 8.42 Å². The van der Waals surface area contributed by atoms with Crippen molar-refractivity contribution in [3.8, 4) is 11.5 Å². The van der Waals surface area contributed by atoms with Gasteiger partial charge in [0.15, 0.2) is 0 Å². The molecule has 0 amide bonds. The Morgan fingerprint density at radius 1 is 1.03 bits per heavy atom. The van der Waals surface area contributed by atoms with Crippen LogP contribution in [0.15, 0.2) is 67.5 Å². The highest BCUT2D eigenvalue weighted by atomic mass is 79.9. The van der Waals surface area contributed by atoms with Gasteiger partial charge in [-0.15, -0.1) is 10.2 Å². The van der Waals surface area contributed by atoms with Gasteiger partial charge in [0.25, 0.3) is 5.22 Å². The van der Waals surface area contributed by atoms with Gasteiger partial charge in [0.1, 0.15) is 0 Å². The number of sulfonamides is 1. The van der Waals surface area contributed by atoms with Crippen LogP contribution < -0.4 is 0 Å². The zero-order valence-corrected chi connectivity index (χ0v) is 18.8. The molecule has 1 saturated heterocycles. The Morgan fingerprint density at radius 2 is 1.83 bits per heavy atom. The molecule has 1 aliphatic heterocycles. The molecule has 152 valence electrons. The summed E-state index contributed by atoms with van der Waals surface area (Å²) < 4.78 is 34.2. The molecule has 0 atom stereocenters. The van der Waals surface area contributed by atoms with Crippen LogP contribution in [0.3, 0.4) is 0 Å². The van der Waals surface area contributed by atoms with Crippen molar-refractivity contribution < 1.29 is 12.8 Å². The molecule has 4 rings (SSSR count). The minimum atomic E-state index is -3.50. The van der Waals surface area contributed by atoms with Crippen molar-refractivity contribution >= 4 is 37.7 Å². The second-order valence-corrected chi connectivity index (χ2v) is 10.5. The minimum absolute atomic E-state index is 0.262. The van der Waals surface area contributed by atoms with Gasteiger partial charge in [-0.2, -0.15) is 4.31 Å². The van der Waals surface area contributed by atoms with Crippen LogP contribution in [0.25, 0.3) is 11.5 Å². The molecule has 2 heterocycles. The van der Waals surface area contributed by atoms with E-state index in [4.69, 9.17) is 4.42 Å². The summed E-state index contributed by atoms with van der Waals surface area (Å²) in [5.41, 5.74) is 1.73. The number of aromatic nitrogens is 2. The quantitative estimate of drug-likeness (QED) is 0.451. The molecule has 0 unspecified atom stereocenters. The molecule has 3 aromatic rings. The predicted octanol–water partition coefficient (Wildman–Crippen LogP) is 4.97. The molecule has 0 saturated carbocycles. The maximum atomic E-state index is 12.9. The highest BCUT2D eigenvalue weighted by molar-refractivity contribution is 9.10. The van der Waals surface area contributed by atoms with E-state index in [2.05, 4.69) is 26.1 Å². The van der Waals surface area contributed by atoms with Crippen LogP contribution >= 0.6 is 27.7 Å². The number of hydrogen-bond acceptors (Lipinski definition) is 6. The Bertz CT molecular complexity index is 1100. The van der Waals surface area contributed by atoms with Gasteiger partial charge < -0.3 is 4.42 Å². The summed E-state index contributed by atoms with van der Waals surface area (Å²) in [6.07, 6.45) is 2.88. The Kier molecular flexibility index (Phi) is 6.38. The lowest BCUT2D eigenvalue weighted by molar-refractivity contribution is 0.346. The molecule has 0 N–H and O–H groups in total. The predicted molar refractivity (Wildman–Crippen MR) is 116 cm³/mol. The van der Waals surface area contributed by atoms with Crippen LogP contribution in [-0.2, 0) is 15.8 Å². The zero-order chi connectivity index (χ0) is 20.3. The fraction of sp³-hybridized carbons (Fsp3) is 0.300. The third-order valence-corrected chi connectivity index (χ3v) is 8.28. The monoisotopic (exact) mass is 493 g/mol. The van der Waals surface area contributed by atoms with Crippen molar-refractivity contribution in [2.75, 3.05) is 13.1 Å². The van der Waals surface area contributed by atoms with Gasteiger partial charge in [-0.25, -0.2) is 8.42 Å². The van der Waals surface area contributed by atoms with Gasteiger partial charge in [0.05, 0.1) is 4.90 Å². The minimum Gasteiger partial charge on any atom is -0.411 e. The van der Waals surface area contributed by atoms with E-state index in [0.29, 0.717) is 35.5 Å². The average Bonchev–Trinajstić information content (AvgIpc) is 3.23. The third kappa shape index (κ3) is 4.74. The van der Waals surface area contributed by atoms with Gasteiger partial charge in [-0.3, -0.25) is 0 Å². The standard InChI is InChI=1S/C20H20BrN3O3S2/c21-18-10-3-2-7-16(18)14-28-20-23-22-19(27-20)15-8-6-9-17(13-15)29(25,26)24-11-4-1-5-12-24/h2-3,6-10,13H,1,4-5,11-12,14H2. The summed E-state index contributed by atoms with van der Waals surface area (Å²) in [5.74, 6) is 1.00.